The molecule has 10 nitrogen and oxygen atoms in total. The summed E-state index contributed by atoms with van der Waals surface area (Å²) in [4.78, 5) is 34.9. The van der Waals surface area contributed by atoms with Crippen molar-refractivity contribution in [2.45, 2.75) is 11.3 Å². The summed E-state index contributed by atoms with van der Waals surface area (Å²) in [5.74, 6) is -0.0674. The number of hydrogen-bond acceptors (Lipinski definition) is 9. The monoisotopic (exact) mass is 459 g/mol. The van der Waals surface area contributed by atoms with Gasteiger partial charge in [-0.05, 0) is 37.3 Å². The third-order valence-electron chi connectivity index (χ3n) is 3.75. The highest BCUT2D eigenvalue weighted by molar-refractivity contribution is 8.01. The van der Waals surface area contributed by atoms with Crippen molar-refractivity contribution in [2.24, 2.45) is 0 Å². The second-order valence-electron chi connectivity index (χ2n) is 5.90. The number of rotatable bonds is 9. The Labute approximate surface area is 185 Å². The molecule has 2 N–H and O–H groups in total. The fourth-order valence-corrected chi connectivity index (χ4v) is 3.98. The largest absolute Gasteiger partial charge is 0.494 e. The van der Waals surface area contributed by atoms with Gasteiger partial charge in [0, 0.05) is 11.8 Å². The quantitative estimate of drug-likeness (QED) is 0.213. The molecular formula is C19H17N5O5S2. The summed E-state index contributed by atoms with van der Waals surface area (Å²) >= 11 is 2.23. The average Bonchev–Trinajstić information content (AvgIpc) is 3.21. The summed E-state index contributed by atoms with van der Waals surface area (Å²) in [6.07, 6.45) is 0. The van der Waals surface area contributed by atoms with Crippen LogP contribution in [-0.2, 0) is 4.79 Å². The molecule has 2 amide bonds. The zero-order valence-electron chi connectivity index (χ0n) is 16.2. The summed E-state index contributed by atoms with van der Waals surface area (Å²) in [6, 6.07) is 12.6. The Kier molecular flexibility index (Phi) is 7.51. The van der Waals surface area contributed by atoms with Crippen molar-refractivity contribution in [3.05, 3.63) is 64.2 Å². The molecule has 160 valence electrons. The van der Waals surface area contributed by atoms with Gasteiger partial charge in [0.2, 0.25) is 11.0 Å². The highest BCUT2D eigenvalue weighted by atomic mass is 32.2. The fourth-order valence-electron chi connectivity index (χ4n) is 2.43. The number of thioether (sulfide) groups is 1. The zero-order valence-corrected chi connectivity index (χ0v) is 17.9. The van der Waals surface area contributed by atoms with E-state index in [1.165, 1.54) is 24.3 Å². The maximum absolute atomic E-state index is 12.3. The van der Waals surface area contributed by atoms with Crippen LogP contribution in [0.4, 0.5) is 16.5 Å². The minimum atomic E-state index is -0.659. The Hall–Kier alpha value is -3.51. The third-order valence-corrected chi connectivity index (χ3v) is 5.72. The zero-order chi connectivity index (χ0) is 22.2. The van der Waals surface area contributed by atoms with Crippen molar-refractivity contribution in [3.8, 4) is 5.75 Å². The number of hydrogen-bond donors (Lipinski definition) is 2. The summed E-state index contributed by atoms with van der Waals surface area (Å²) in [6.45, 7) is 2.46. The number of nitro groups is 1. The number of carbonyl (C=O) groups excluding carboxylic acids is 2. The Balaban J connectivity index is 1.52. The van der Waals surface area contributed by atoms with Gasteiger partial charge in [0.15, 0.2) is 4.34 Å². The van der Waals surface area contributed by atoms with Crippen molar-refractivity contribution >= 4 is 51.4 Å². The molecule has 31 heavy (non-hydrogen) atoms. The van der Waals surface area contributed by atoms with Crippen molar-refractivity contribution < 1.29 is 19.2 Å². The first-order valence-corrected chi connectivity index (χ1v) is 10.8. The van der Waals surface area contributed by atoms with Gasteiger partial charge in [-0.1, -0.05) is 35.2 Å². The summed E-state index contributed by atoms with van der Waals surface area (Å²) in [7, 11) is 0. The number of para-hydroxylation sites is 1. The van der Waals surface area contributed by atoms with Crippen molar-refractivity contribution in [3.63, 3.8) is 0 Å². The maximum Gasteiger partial charge on any atom is 0.282 e. The van der Waals surface area contributed by atoms with Gasteiger partial charge < -0.3 is 10.1 Å². The molecule has 2 aromatic carbocycles. The Morgan fingerprint density at radius 3 is 2.58 bits per heavy atom. The molecule has 3 rings (SSSR count). The van der Waals surface area contributed by atoms with Crippen molar-refractivity contribution in [2.75, 3.05) is 23.0 Å². The van der Waals surface area contributed by atoms with E-state index in [4.69, 9.17) is 4.74 Å². The molecule has 0 aliphatic rings. The van der Waals surface area contributed by atoms with Crippen LogP contribution in [0.1, 0.15) is 17.3 Å². The van der Waals surface area contributed by atoms with Crippen LogP contribution in [0, 0.1) is 10.1 Å². The molecule has 12 heteroatoms. The van der Waals surface area contributed by atoms with Crippen LogP contribution in [0.25, 0.3) is 0 Å². The first-order chi connectivity index (χ1) is 15.0. The second kappa shape index (κ2) is 10.5. The van der Waals surface area contributed by atoms with Crippen molar-refractivity contribution in [1.82, 2.24) is 10.2 Å². The molecule has 0 aliphatic carbocycles. The Morgan fingerprint density at radius 2 is 1.87 bits per heavy atom. The number of nitrogens with zero attached hydrogens (tertiary/aromatic N) is 3. The minimum Gasteiger partial charge on any atom is -0.494 e. The smallest absolute Gasteiger partial charge is 0.282 e. The highest BCUT2D eigenvalue weighted by Gasteiger charge is 2.20. The number of aromatic nitrogens is 2. The van der Waals surface area contributed by atoms with Crippen LogP contribution in [-0.4, -0.2) is 39.3 Å². The van der Waals surface area contributed by atoms with E-state index in [0.29, 0.717) is 16.6 Å². The first kappa shape index (κ1) is 22.2. The van der Waals surface area contributed by atoms with Crippen LogP contribution in [0.3, 0.4) is 0 Å². The van der Waals surface area contributed by atoms with Gasteiger partial charge in [-0.3, -0.25) is 25.0 Å². The normalized spacial score (nSPS) is 10.4. The third kappa shape index (κ3) is 6.23. The molecule has 0 spiro atoms. The number of anilines is 2. The van der Waals surface area contributed by atoms with Crippen LogP contribution in [0.2, 0.25) is 0 Å². The van der Waals surface area contributed by atoms with Gasteiger partial charge >= 0.3 is 0 Å². The number of nitro benzene ring substituents is 1. The number of nitrogens with one attached hydrogen (secondary N) is 2. The van der Waals surface area contributed by atoms with Crippen LogP contribution < -0.4 is 15.4 Å². The van der Waals surface area contributed by atoms with E-state index in [2.05, 4.69) is 20.8 Å². The summed E-state index contributed by atoms with van der Waals surface area (Å²) < 4.78 is 5.83. The first-order valence-electron chi connectivity index (χ1n) is 9.00. The molecule has 1 heterocycles. The predicted molar refractivity (Wildman–Crippen MR) is 118 cm³/mol. The molecule has 1 aromatic heterocycles. The van der Waals surface area contributed by atoms with Crippen molar-refractivity contribution in [1.29, 1.82) is 0 Å². The molecule has 0 atom stereocenters. The van der Waals surface area contributed by atoms with E-state index in [1.807, 2.05) is 6.92 Å². The lowest BCUT2D eigenvalue weighted by Crippen LogP contribution is -2.13. The van der Waals surface area contributed by atoms with Gasteiger partial charge in [-0.2, -0.15) is 0 Å². The Bertz CT molecular complexity index is 1090. The fraction of sp³-hybridized carbons (Fsp3) is 0.158. The lowest BCUT2D eigenvalue weighted by molar-refractivity contribution is -0.385. The van der Waals surface area contributed by atoms with Gasteiger partial charge in [0.1, 0.15) is 11.3 Å². The van der Waals surface area contributed by atoms with Crippen LogP contribution >= 0.6 is 23.1 Å². The van der Waals surface area contributed by atoms with Gasteiger partial charge in [-0.15, -0.1) is 10.2 Å². The Morgan fingerprint density at radius 1 is 1.13 bits per heavy atom. The topological polar surface area (TPSA) is 136 Å². The van der Waals surface area contributed by atoms with E-state index >= 15 is 0 Å². The maximum atomic E-state index is 12.3. The summed E-state index contributed by atoms with van der Waals surface area (Å²) in [5, 5.41) is 24.3. The molecule has 3 aromatic rings. The van der Waals surface area contributed by atoms with E-state index < -0.39 is 10.8 Å². The molecule has 0 saturated heterocycles. The molecule has 0 unspecified atom stereocenters. The number of ether oxygens (including phenoxy) is 1. The van der Waals surface area contributed by atoms with Gasteiger partial charge in [-0.25, -0.2) is 0 Å². The molecule has 0 fully saturated rings. The van der Waals surface area contributed by atoms with E-state index in [-0.39, 0.29) is 28.0 Å². The predicted octanol–water partition coefficient (Wildman–Crippen LogP) is 3.83. The van der Waals surface area contributed by atoms with Gasteiger partial charge in [0.25, 0.3) is 11.6 Å². The van der Waals surface area contributed by atoms with Crippen LogP contribution in [0.15, 0.2) is 52.9 Å². The molecule has 0 aliphatic heterocycles. The molecule has 0 radical (unpaired) electrons. The van der Waals surface area contributed by atoms with E-state index in [1.54, 1.807) is 24.3 Å². The molecular weight excluding hydrogens is 442 g/mol. The standard InChI is InChI=1S/C19H17N5O5S2/c1-2-29-13-9-7-12(8-10-13)20-16(25)11-30-19-23-22-18(31-19)21-17(26)14-5-3-4-6-15(14)24(27)28/h3-10H,2,11H2,1H3,(H,20,25)(H,21,22,26). The second-order valence-corrected chi connectivity index (χ2v) is 8.10. The SMILES string of the molecule is CCOc1ccc(NC(=O)CSc2nnc(NC(=O)c3ccccc3[N+](=O)[O-])s2)cc1. The molecule has 0 saturated carbocycles. The lowest BCUT2D eigenvalue weighted by Gasteiger charge is -2.06. The highest BCUT2D eigenvalue weighted by Crippen LogP contribution is 2.27. The molecule has 0 bridgehead atoms. The van der Waals surface area contributed by atoms with E-state index in [9.17, 15) is 19.7 Å². The number of amides is 2. The lowest BCUT2D eigenvalue weighted by atomic mass is 10.1. The van der Waals surface area contributed by atoms with Crippen LogP contribution in [0.5, 0.6) is 5.75 Å². The minimum absolute atomic E-state index is 0.0772. The number of carbonyl (C=O) groups is 2. The average molecular weight is 460 g/mol. The summed E-state index contributed by atoms with van der Waals surface area (Å²) in [5.41, 5.74) is 0.264. The van der Waals surface area contributed by atoms with E-state index in [0.717, 1.165) is 28.8 Å². The van der Waals surface area contributed by atoms with Gasteiger partial charge in [0.05, 0.1) is 17.3 Å². The number of benzene rings is 2.